The second kappa shape index (κ2) is 14.6. The Morgan fingerprint density at radius 2 is 1.43 bits per heavy atom. The maximum absolute atomic E-state index is 3.25. The third kappa shape index (κ3) is 13.7. The van der Waals surface area contributed by atoms with Gasteiger partial charge < -0.3 is 0 Å². The molecule has 0 atom stereocenters. The summed E-state index contributed by atoms with van der Waals surface area (Å²) in [6.45, 7) is 6.50. The first-order chi connectivity index (χ1) is 6.41. The van der Waals surface area contributed by atoms with Gasteiger partial charge in [-0.05, 0) is 0 Å². The molecule has 0 saturated carbocycles. The van der Waals surface area contributed by atoms with Crippen LogP contribution in [-0.4, -0.2) is 0 Å². The van der Waals surface area contributed by atoms with Crippen LogP contribution in [0.3, 0.4) is 0 Å². The smallest absolute Gasteiger partial charge is 0.273 e. The zero-order valence-corrected chi connectivity index (χ0v) is 9.33. The van der Waals surface area contributed by atoms with Gasteiger partial charge in [0.2, 0.25) is 0 Å². The van der Waals surface area contributed by atoms with Crippen molar-refractivity contribution in [3.63, 3.8) is 0 Å². The van der Waals surface area contributed by atoms with E-state index in [4.69, 9.17) is 0 Å². The minimum atomic E-state index is 0. The van der Waals surface area contributed by atoms with Crippen LogP contribution >= 0.6 is 0 Å². The molecular formula is C13H15Fe. The van der Waals surface area contributed by atoms with Gasteiger partial charge in [0.1, 0.15) is 0 Å². The molecule has 0 amide bonds. The SMILES string of the molecule is C=C[CH2-].[C-]1=CC=CC1.[C-]1=CC=CC1.[Fe+3]. The summed E-state index contributed by atoms with van der Waals surface area (Å²) >= 11 is 0. The summed E-state index contributed by atoms with van der Waals surface area (Å²) < 4.78 is 0. The van der Waals surface area contributed by atoms with Crippen molar-refractivity contribution in [2.24, 2.45) is 0 Å². The molecule has 0 aromatic rings. The molecule has 14 heavy (non-hydrogen) atoms. The monoisotopic (exact) mass is 227 g/mol. The number of hydrogen-bond acceptors (Lipinski definition) is 0. The van der Waals surface area contributed by atoms with Crippen molar-refractivity contribution in [2.75, 3.05) is 0 Å². The van der Waals surface area contributed by atoms with Crippen LogP contribution in [0.25, 0.3) is 0 Å². The van der Waals surface area contributed by atoms with Gasteiger partial charge in [0.15, 0.2) is 0 Å². The van der Waals surface area contributed by atoms with Gasteiger partial charge in [-0.2, -0.15) is 12.2 Å². The molecule has 75 valence electrons. The number of allylic oxidation sites excluding steroid dienone is 9. The van der Waals surface area contributed by atoms with Crippen molar-refractivity contribution in [1.82, 2.24) is 0 Å². The van der Waals surface area contributed by atoms with Crippen LogP contribution in [0.5, 0.6) is 0 Å². The Labute approximate surface area is 98.3 Å². The average Bonchev–Trinajstić information content (AvgIpc) is 2.85. The summed E-state index contributed by atoms with van der Waals surface area (Å²) in [5.41, 5.74) is 0. The van der Waals surface area contributed by atoms with Gasteiger partial charge >= 0.3 is 17.1 Å². The van der Waals surface area contributed by atoms with E-state index in [1.807, 2.05) is 24.3 Å². The average molecular weight is 227 g/mol. The minimum absolute atomic E-state index is 0. The Morgan fingerprint density at radius 3 is 1.50 bits per heavy atom. The minimum Gasteiger partial charge on any atom is -0.273 e. The standard InChI is InChI=1S/2C5H5.C3H5.Fe/c2*1-2-4-5-3-1;1-3-2;/h2*1-3H,4H2;3H,1-2H2;/q3*-1;+3. The van der Waals surface area contributed by atoms with E-state index in [0.29, 0.717) is 0 Å². The Kier molecular flexibility index (Phi) is 16.2. The third-order valence-electron chi connectivity index (χ3n) is 1.17. The molecule has 1 heteroatoms. The predicted octanol–water partition coefficient (Wildman–Crippen LogP) is 3.62. The summed E-state index contributed by atoms with van der Waals surface area (Å²) in [7, 11) is 0. The Hall–Kier alpha value is -0.911. The molecule has 0 bridgehead atoms. The molecule has 0 spiro atoms. The van der Waals surface area contributed by atoms with E-state index in [9.17, 15) is 0 Å². The van der Waals surface area contributed by atoms with Gasteiger partial charge in [-0.15, -0.1) is 12.8 Å². The topological polar surface area (TPSA) is 0 Å². The summed E-state index contributed by atoms with van der Waals surface area (Å²) in [6.07, 6.45) is 21.5. The van der Waals surface area contributed by atoms with Crippen LogP contribution in [0.1, 0.15) is 12.8 Å². The predicted molar refractivity (Wildman–Crippen MR) is 58.7 cm³/mol. The van der Waals surface area contributed by atoms with Crippen molar-refractivity contribution >= 4 is 0 Å². The quantitative estimate of drug-likeness (QED) is 0.438. The summed E-state index contributed by atoms with van der Waals surface area (Å²) in [5.74, 6) is 0. The van der Waals surface area contributed by atoms with Gasteiger partial charge in [-0.3, -0.25) is 12.2 Å². The van der Waals surface area contributed by atoms with Crippen LogP contribution in [-0.2, 0) is 17.1 Å². The first-order valence-electron chi connectivity index (χ1n) is 4.25. The molecule has 2 aliphatic rings. The van der Waals surface area contributed by atoms with Gasteiger partial charge in [-0.25, -0.2) is 43.9 Å². The molecule has 0 aromatic heterocycles. The summed E-state index contributed by atoms with van der Waals surface area (Å²) in [4.78, 5) is 0. The van der Waals surface area contributed by atoms with Crippen molar-refractivity contribution in [3.05, 3.63) is 68.2 Å². The van der Waals surface area contributed by atoms with E-state index < -0.39 is 0 Å². The molecule has 0 aliphatic heterocycles. The second-order valence-electron chi connectivity index (χ2n) is 2.29. The second-order valence-corrected chi connectivity index (χ2v) is 2.29. The van der Waals surface area contributed by atoms with E-state index in [2.05, 4.69) is 37.8 Å². The summed E-state index contributed by atoms with van der Waals surface area (Å²) in [5, 5.41) is 0. The van der Waals surface area contributed by atoms with Gasteiger partial charge in [0.05, 0.1) is 0 Å². The zero-order valence-electron chi connectivity index (χ0n) is 8.22. The molecular weight excluding hydrogens is 212 g/mol. The van der Waals surface area contributed by atoms with E-state index in [0.717, 1.165) is 12.8 Å². The largest absolute Gasteiger partial charge is 3.00 e. The molecule has 0 N–H and O–H groups in total. The van der Waals surface area contributed by atoms with E-state index in [1.165, 1.54) is 6.08 Å². The first kappa shape index (κ1) is 15.6. The van der Waals surface area contributed by atoms with Crippen molar-refractivity contribution in [2.45, 2.75) is 12.8 Å². The zero-order chi connectivity index (χ0) is 9.78. The van der Waals surface area contributed by atoms with Crippen LogP contribution < -0.4 is 0 Å². The van der Waals surface area contributed by atoms with Crippen LogP contribution in [0, 0.1) is 19.1 Å². The fraction of sp³-hybridized carbons (Fsp3) is 0.154. The Bertz CT molecular complexity index is 177. The fourth-order valence-electron chi connectivity index (χ4n) is 0.680. The molecule has 2 rings (SSSR count). The molecule has 0 unspecified atom stereocenters. The molecule has 1 radical (unpaired) electrons. The fourth-order valence-corrected chi connectivity index (χ4v) is 0.680. The maximum Gasteiger partial charge on any atom is 3.00 e. The van der Waals surface area contributed by atoms with Crippen LogP contribution in [0.4, 0.5) is 0 Å². The Balaban J connectivity index is 0. The summed E-state index contributed by atoms with van der Waals surface area (Å²) in [6, 6.07) is 0. The normalized spacial score (nSPS) is 13.4. The number of rotatable bonds is 0. The first-order valence-corrected chi connectivity index (χ1v) is 4.25. The number of hydrogen-bond donors (Lipinski definition) is 0. The molecule has 0 heterocycles. The molecule has 0 saturated heterocycles. The van der Waals surface area contributed by atoms with Gasteiger partial charge in [0.25, 0.3) is 0 Å². The van der Waals surface area contributed by atoms with E-state index in [1.54, 1.807) is 0 Å². The van der Waals surface area contributed by atoms with Crippen LogP contribution in [0.15, 0.2) is 49.1 Å². The van der Waals surface area contributed by atoms with E-state index in [-0.39, 0.29) is 17.1 Å². The molecule has 2 aliphatic carbocycles. The van der Waals surface area contributed by atoms with Gasteiger partial charge in [-0.1, -0.05) is 0 Å². The van der Waals surface area contributed by atoms with Crippen molar-refractivity contribution in [3.8, 4) is 0 Å². The molecule has 0 nitrogen and oxygen atoms in total. The molecule has 0 fully saturated rings. The van der Waals surface area contributed by atoms with E-state index >= 15 is 0 Å². The maximum atomic E-state index is 3.25. The Morgan fingerprint density at radius 1 is 1.07 bits per heavy atom. The third-order valence-corrected chi connectivity index (χ3v) is 1.17. The van der Waals surface area contributed by atoms with Crippen molar-refractivity contribution in [1.29, 1.82) is 0 Å². The molecule has 0 aromatic carbocycles. The van der Waals surface area contributed by atoms with Crippen molar-refractivity contribution < 1.29 is 17.1 Å². The van der Waals surface area contributed by atoms with Gasteiger partial charge in [0, 0.05) is 0 Å². The van der Waals surface area contributed by atoms with Crippen LogP contribution in [0.2, 0.25) is 0 Å².